The van der Waals surface area contributed by atoms with E-state index in [2.05, 4.69) is 4.98 Å². The summed E-state index contributed by atoms with van der Waals surface area (Å²) in [5.41, 5.74) is 5.33. The number of hydrogen-bond donors (Lipinski definition) is 2. The fourth-order valence-electron chi connectivity index (χ4n) is 2.73. The number of aromatic nitrogens is 1. The highest BCUT2D eigenvalue weighted by molar-refractivity contribution is 5.95. The molecule has 110 valence electrons. The summed E-state index contributed by atoms with van der Waals surface area (Å²) in [7, 11) is 0. The van der Waals surface area contributed by atoms with Crippen LogP contribution in [0.2, 0.25) is 0 Å². The van der Waals surface area contributed by atoms with Crippen LogP contribution >= 0.6 is 0 Å². The zero-order valence-electron chi connectivity index (χ0n) is 11.4. The number of pyridine rings is 1. The summed E-state index contributed by atoms with van der Waals surface area (Å²) in [5, 5.41) is 9.16. The van der Waals surface area contributed by atoms with E-state index in [0.29, 0.717) is 0 Å². The third kappa shape index (κ3) is 3.07. The smallest absolute Gasteiger partial charge is 0.257 e. The number of anilines is 1. The van der Waals surface area contributed by atoms with Crippen molar-refractivity contribution in [3.63, 3.8) is 0 Å². The second-order valence-corrected chi connectivity index (χ2v) is 5.07. The van der Waals surface area contributed by atoms with Gasteiger partial charge in [-0.05, 0) is 18.9 Å². The van der Waals surface area contributed by atoms with Gasteiger partial charge in [-0.2, -0.15) is 0 Å². The number of amides is 1. The Morgan fingerprint density at radius 1 is 1.45 bits per heavy atom. The van der Waals surface area contributed by atoms with Crippen molar-refractivity contribution in [2.45, 2.75) is 38.1 Å². The monoisotopic (exact) mass is 281 g/mol. The number of rotatable bonds is 4. The van der Waals surface area contributed by atoms with E-state index in [1.165, 1.54) is 12.3 Å². The Bertz CT molecular complexity index is 475. The highest BCUT2D eigenvalue weighted by Gasteiger charge is 2.28. The molecule has 1 fully saturated rings. The SMILES string of the molecule is Nc1nccc(C(=O)N(CCO)C2CCCCC2)c1F. The van der Waals surface area contributed by atoms with Gasteiger partial charge in [-0.1, -0.05) is 19.3 Å². The molecule has 1 aromatic heterocycles. The first-order valence-electron chi connectivity index (χ1n) is 6.97. The quantitative estimate of drug-likeness (QED) is 0.878. The molecule has 0 radical (unpaired) electrons. The predicted molar refractivity (Wildman–Crippen MR) is 73.6 cm³/mol. The molecule has 0 spiro atoms. The Morgan fingerprint density at radius 3 is 2.80 bits per heavy atom. The van der Waals surface area contributed by atoms with Crippen molar-refractivity contribution in [1.82, 2.24) is 9.88 Å². The summed E-state index contributed by atoms with van der Waals surface area (Å²) in [4.78, 5) is 17.7. The zero-order chi connectivity index (χ0) is 14.5. The second-order valence-electron chi connectivity index (χ2n) is 5.07. The Kier molecular flexibility index (Phi) is 4.89. The van der Waals surface area contributed by atoms with Gasteiger partial charge in [-0.15, -0.1) is 0 Å². The summed E-state index contributed by atoms with van der Waals surface area (Å²) in [6, 6.07) is 1.40. The predicted octanol–water partition coefficient (Wildman–Crippen LogP) is 1.57. The molecule has 1 amide bonds. The average molecular weight is 281 g/mol. The van der Waals surface area contributed by atoms with Gasteiger partial charge in [0.1, 0.15) is 0 Å². The molecule has 2 rings (SSSR count). The standard InChI is InChI=1S/C14H20FN3O2/c15-12-11(6-7-17-13(12)16)14(20)18(8-9-19)10-4-2-1-3-5-10/h6-7,10,19H,1-5,8-9H2,(H2,16,17). The third-order valence-corrected chi connectivity index (χ3v) is 3.76. The van der Waals surface area contributed by atoms with Crippen molar-refractivity contribution >= 4 is 11.7 Å². The van der Waals surface area contributed by atoms with E-state index in [9.17, 15) is 9.18 Å². The molecule has 0 bridgehead atoms. The van der Waals surface area contributed by atoms with Crippen molar-refractivity contribution in [2.75, 3.05) is 18.9 Å². The van der Waals surface area contributed by atoms with Crippen LogP contribution < -0.4 is 5.73 Å². The Morgan fingerprint density at radius 2 is 2.15 bits per heavy atom. The largest absolute Gasteiger partial charge is 0.395 e. The van der Waals surface area contributed by atoms with Crippen molar-refractivity contribution in [3.8, 4) is 0 Å². The van der Waals surface area contributed by atoms with Crippen LogP contribution in [0.4, 0.5) is 10.2 Å². The summed E-state index contributed by atoms with van der Waals surface area (Å²) in [6.07, 6.45) is 6.39. The molecule has 0 atom stereocenters. The average Bonchev–Trinajstić information content (AvgIpc) is 2.48. The molecule has 3 N–H and O–H groups in total. The minimum Gasteiger partial charge on any atom is -0.395 e. The van der Waals surface area contributed by atoms with Crippen LogP contribution in [0.1, 0.15) is 42.5 Å². The van der Waals surface area contributed by atoms with E-state index in [1.807, 2.05) is 0 Å². The lowest BCUT2D eigenvalue weighted by Gasteiger charge is -2.34. The number of nitrogens with two attached hydrogens (primary N) is 1. The molecule has 1 saturated carbocycles. The Labute approximate surface area is 117 Å². The van der Waals surface area contributed by atoms with Gasteiger partial charge >= 0.3 is 0 Å². The second kappa shape index (κ2) is 6.65. The molecule has 6 heteroatoms. The fourth-order valence-corrected chi connectivity index (χ4v) is 2.73. The van der Waals surface area contributed by atoms with Gasteiger partial charge < -0.3 is 15.7 Å². The molecule has 0 aromatic carbocycles. The van der Waals surface area contributed by atoms with Crippen LogP contribution in [0.3, 0.4) is 0 Å². The number of aliphatic hydroxyl groups excluding tert-OH is 1. The lowest BCUT2D eigenvalue weighted by atomic mass is 9.93. The molecule has 1 heterocycles. The Balaban J connectivity index is 2.23. The number of carbonyl (C=O) groups is 1. The molecule has 20 heavy (non-hydrogen) atoms. The van der Waals surface area contributed by atoms with Gasteiger partial charge in [0, 0.05) is 18.8 Å². The van der Waals surface area contributed by atoms with Crippen molar-refractivity contribution in [1.29, 1.82) is 0 Å². The van der Waals surface area contributed by atoms with E-state index in [-0.39, 0.29) is 30.6 Å². The molecule has 1 aromatic rings. The topological polar surface area (TPSA) is 79.5 Å². The van der Waals surface area contributed by atoms with E-state index < -0.39 is 11.7 Å². The van der Waals surface area contributed by atoms with Crippen LogP contribution in [0.25, 0.3) is 0 Å². The highest BCUT2D eigenvalue weighted by Crippen LogP contribution is 2.25. The maximum Gasteiger partial charge on any atom is 0.257 e. The van der Waals surface area contributed by atoms with Crippen LogP contribution in [-0.2, 0) is 0 Å². The maximum atomic E-state index is 13.9. The van der Waals surface area contributed by atoms with Crippen molar-refractivity contribution in [3.05, 3.63) is 23.6 Å². The lowest BCUT2D eigenvalue weighted by molar-refractivity contribution is 0.0580. The fraction of sp³-hybridized carbons (Fsp3) is 0.571. The molecule has 1 aliphatic carbocycles. The van der Waals surface area contributed by atoms with Crippen LogP contribution in [0, 0.1) is 5.82 Å². The summed E-state index contributed by atoms with van der Waals surface area (Å²) < 4.78 is 13.9. The zero-order valence-corrected chi connectivity index (χ0v) is 11.4. The number of nitrogens with zero attached hydrogens (tertiary/aromatic N) is 2. The van der Waals surface area contributed by atoms with Gasteiger partial charge in [0.05, 0.1) is 12.2 Å². The first-order valence-corrected chi connectivity index (χ1v) is 6.97. The van der Waals surface area contributed by atoms with Gasteiger partial charge in [0.15, 0.2) is 11.6 Å². The van der Waals surface area contributed by atoms with E-state index in [4.69, 9.17) is 10.8 Å². The van der Waals surface area contributed by atoms with Gasteiger partial charge in [-0.25, -0.2) is 9.37 Å². The van der Waals surface area contributed by atoms with Crippen LogP contribution in [-0.4, -0.2) is 40.1 Å². The summed E-state index contributed by atoms with van der Waals surface area (Å²) in [6.45, 7) is 0.0790. The minimum atomic E-state index is -0.781. The van der Waals surface area contributed by atoms with Crippen LogP contribution in [0.15, 0.2) is 12.3 Å². The third-order valence-electron chi connectivity index (χ3n) is 3.76. The number of halogens is 1. The number of aliphatic hydroxyl groups is 1. The minimum absolute atomic E-state index is 0.0668. The molecule has 0 saturated heterocycles. The molecular weight excluding hydrogens is 261 g/mol. The highest BCUT2D eigenvalue weighted by atomic mass is 19.1. The molecular formula is C14H20FN3O2. The van der Waals surface area contributed by atoms with Crippen LogP contribution in [0.5, 0.6) is 0 Å². The first-order chi connectivity index (χ1) is 9.65. The van der Waals surface area contributed by atoms with E-state index >= 15 is 0 Å². The maximum absolute atomic E-state index is 13.9. The van der Waals surface area contributed by atoms with Gasteiger partial charge in [0.2, 0.25) is 0 Å². The van der Waals surface area contributed by atoms with E-state index in [1.54, 1.807) is 4.90 Å². The molecule has 1 aliphatic rings. The van der Waals surface area contributed by atoms with Gasteiger partial charge in [0.25, 0.3) is 5.91 Å². The Hall–Kier alpha value is -1.69. The van der Waals surface area contributed by atoms with Gasteiger partial charge in [-0.3, -0.25) is 4.79 Å². The number of carbonyl (C=O) groups excluding carboxylic acids is 1. The van der Waals surface area contributed by atoms with E-state index in [0.717, 1.165) is 32.1 Å². The summed E-state index contributed by atoms with van der Waals surface area (Å²) >= 11 is 0. The lowest BCUT2D eigenvalue weighted by Crippen LogP contribution is -2.43. The first kappa shape index (κ1) is 14.7. The van der Waals surface area contributed by atoms with Crippen molar-refractivity contribution < 1.29 is 14.3 Å². The summed E-state index contributed by atoms with van der Waals surface area (Å²) in [5.74, 6) is -1.47. The molecule has 0 aliphatic heterocycles. The molecule has 0 unspecified atom stereocenters. The normalized spacial score (nSPS) is 16.1. The number of hydrogen-bond acceptors (Lipinski definition) is 4. The van der Waals surface area contributed by atoms with Crippen molar-refractivity contribution in [2.24, 2.45) is 0 Å². The molecule has 5 nitrogen and oxygen atoms in total. The number of nitrogen functional groups attached to an aromatic ring is 1.